The third-order valence-corrected chi connectivity index (χ3v) is 5.43. The highest BCUT2D eigenvalue weighted by molar-refractivity contribution is 5.69. The monoisotopic (exact) mass is 237 g/mol. The molecule has 96 valence electrons. The summed E-state index contributed by atoms with van der Waals surface area (Å²) in [6.07, 6.45) is 6.23. The van der Waals surface area contributed by atoms with Crippen LogP contribution in [-0.2, 0) is 4.79 Å². The van der Waals surface area contributed by atoms with Gasteiger partial charge < -0.3 is 10.0 Å². The van der Waals surface area contributed by atoms with E-state index in [9.17, 15) is 4.79 Å². The van der Waals surface area contributed by atoms with E-state index < -0.39 is 5.97 Å². The Kier molecular flexibility index (Phi) is 2.89. The average Bonchev–Trinajstić information content (AvgIpc) is 2.75. The predicted molar refractivity (Wildman–Crippen MR) is 65.7 cm³/mol. The van der Waals surface area contributed by atoms with Gasteiger partial charge in [0, 0.05) is 6.04 Å². The summed E-state index contributed by atoms with van der Waals surface area (Å²) in [5.74, 6) is 1.73. The number of carboxylic acid groups (broad SMARTS) is 1. The van der Waals surface area contributed by atoms with Crippen molar-refractivity contribution in [3.63, 3.8) is 0 Å². The maximum absolute atomic E-state index is 10.9. The van der Waals surface area contributed by atoms with Crippen molar-refractivity contribution < 1.29 is 9.90 Å². The molecule has 4 rings (SSSR count). The minimum absolute atomic E-state index is 0.159. The maximum atomic E-state index is 10.9. The second-order valence-electron chi connectivity index (χ2n) is 6.42. The Bertz CT molecular complexity index is 289. The largest absolute Gasteiger partial charge is 0.481 e. The lowest BCUT2D eigenvalue weighted by molar-refractivity contribution is -0.141. The third-order valence-electron chi connectivity index (χ3n) is 5.43. The third kappa shape index (κ3) is 1.99. The van der Waals surface area contributed by atoms with Crippen molar-refractivity contribution in [1.29, 1.82) is 0 Å². The fourth-order valence-electron chi connectivity index (χ4n) is 4.55. The summed E-state index contributed by atoms with van der Waals surface area (Å²) in [7, 11) is 0. The molecule has 0 radical (unpaired) electrons. The van der Waals surface area contributed by atoms with Gasteiger partial charge in [0.2, 0.25) is 0 Å². The van der Waals surface area contributed by atoms with E-state index in [1.807, 2.05) is 6.92 Å². The summed E-state index contributed by atoms with van der Waals surface area (Å²) in [5, 5.41) is 9.01. The van der Waals surface area contributed by atoms with Crippen LogP contribution in [0.1, 0.15) is 39.0 Å². The second-order valence-corrected chi connectivity index (χ2v) is 6.42. The highest BCUT2D eigenvalue weighted by Gasteiger charge is 2.47. The van der Waals surface area contributed by atoms with E-state index in [1.54, 1.807) is 0 Å². The molecule has 1 aliphatic carbocycles. The van der Waals surface area contributed by atoms with Crippen molar-refractivity contribution in [3.8, 4) is 0 Å². The van der Waals surface area contributed by atoms with Gasteiger partial charge in [-0.1, -0.05) is 6.92 Å². The van der Waals surface area contributed by atoms with Gasteiger partial charge in [0.15, 0.2) is 0 Å². The molecule has 3 heteroatoms. The Balaban J connectivity index is 1.63. The molecule has 3 heterocycles. The number of fused-ring (bicyclic) bond motifs is 2. The first-order chi connectivity index (χ1) is 8.15. The molecule has 1 N–H and O–H groups in total. The normalized spacial score (nSPS) is 45.6. The van der Waals surface area contributed by atoms with E-state index in [1.165, 1.54) is 38.8 Å². The second kappa shape index (κ2) is 4.27. The summed E-state index contributed by atoms with van der Waals surface area (Å²) in [6, 6.07) is 0.800. The van der Waals surface area contributed by atoms with Gasteiger partial charge in [-0.15, -0.1) is 0 Å². The van der Waals surface area contributed by atoms with Gasteiger partial charge >= 0.3 is 5.97 Å². The fourth-order valence-corrected chi connectivity index (χ4v) is 4.55. The zero-order valence-corrected chi connectivity index (χ0v) is 10.6. The molecule has 2 bridgehead atoms. The summed E-state index contributed by atoms with van der Waals surface area (Å²) in [5.41, 5.74) is 0. The molecule has 4 fully saturated rings. The van der Waals surface area contributed by atoms with Gasteiger partial charge in [-0.25, -0.2) is 0 Å². The highest BCUT2D eigenvalue weighted by Crippen LogP contribution is 2.49. The Hall–Kier alpha value is -0.570. The lowest BCUT2D eigenvalue weighted by Crippen LogP contribution is -2.52. The Morgan fingerprint density at radius 1 is 1.35 bits per heavy atom. The lowest BCUT2D eigenvalue weighted by Gasteiger charge is -2.48. The summed E-state index contributed by atoms with van der Waals surface area (Å²) in [4.78, 5) is 13.6. The standard InChI is InChI=1S/C14H23NO2/c1-9(14(16)17)6-10-7-12-11-2-4-15(5-3-11)13(12)8-10/h9-13H,2-8H2,1H3,(H,16,17). The Labute approximate surface area is 103 Å². The fraction of sp³-hybridized carbons (Fsp3) is 0.929. The molecule has 0 aromatic heterocycles. The topological polar surface area (TPSA) is 40.5 Å². The van der Waals surface area contributed by atoms with Crippen LogP contribution in [0.25, 0.3) is 0 Å². The minimum atomic E-state index is -0.622. The molecule has 4 atom stereocenters. The van der Waals surface area contributed by atoms with Crippen molar-refractivity contribution in [2.24, 2.45) is 23.7 Å². The first-order valence-electron chi connectivity index (χ1n) is 7.12. The highest BCUT2D eigenvalue weighted by atomic mass is 16.4. The van der Waals surface area contributed by atoms with Crippen LogP contribution in [0.4, 0.5) is 0 Å². The van der Waals surface area contributed by atoms with Crippen molar-refractivity contribution in [1.82, 2.24) is 4.90 Å². The molecule has 3 saturated heterocycles. The number of piperidine rings is 3. The van der Waals surface area contributed by atoms with Gasteiger partial charge in [0.1, 0.15) is 0 Å². The molecule has 0 aromatic rings. The van der Waals surface area contributed by atoms with Gasteiger partial charge in [0.05, 0.1) is 5.92 Å². The van der Waals surface area contributed by atoms with Gasteiger partial charge in [-0.05, 0) is 62.9 Å². The molecule has 4 unspecified atom stereocenters. The van der Waals surface area contributed by atoms with Gasteiger partial charge in [-0.2, -0.15) is 0 Å². The number of carboxylic acids is 1. The number of rotatable bonds is 3. The molecular weight excluding hydrogens is 214 g/mol. The number of hydrogen-bond donors (Lipinski definition) is 1. The molecule has 1 saturated carbocycles. The Morgan fingerprint density at radius 3 is 2.65 bits per heavy atom. The zero-order chi connectivity index (χ0) is 12.0. The first-order valence-corrected chi connectivity index (χ1v) is 7.12. The quantitative estimate of drug-likeness (QED) is 0.818. The smallest absolute Gasteiger partial charge is 0.306 e. The number of nitrogens with zero attached hydrogens (tertiary/aromatic N) is 1. The molecule has 17 heavy (non-hydrogen) atoms. The molecule has 0 amide bonds. The van der Waals surface area contributed by atoms with Crippen LogP contribution < -0.4 is 0 Å². The van der Waals surface area contributed by atoms with Crippen molar-refractivity contribution in [3.05, 3.63) is 0 Å². The summed E-state index contributed by atoms with van der Waals surface area (Å²) in [6.45, 7) is 4.46. The molecular formula is C14H23NO2. The summed E-state index contributed by atoms with van der Waals surface area (Å²) < 4.78 is 0. The molecule has 0 spiro atoms. The van der Waals surface area contributed by atoms with E-state index in [2.05, 4.69) is 4.90 Å². The molecule has 3 nitrogen and oxygen atoms in total. The number of hydrogen-bond acceptors (Lipinski definition) is 2. The van der Waals surface area contributed by atoms with Crippen LogP contribution in [0, 0.1) is 23.7 Å². The van der Waals surface area contributed by atoms with E-state index in [0.717, 1.165) is 24.3 Å². The van der Waals surface area contributed by atoms with Crippen LogP contribution in [0.15, 0.2) is 0 Å². The Morgan fingerprint density at radius 2 is 2.06 bits per heavy atom. The lowest BCUT2D eigenvalue weighted by atomic mass is 9.75. The van der Waals surface area contributed by atoms with Crippen LogP contribution in [0.3, 0.4) is 0 Å². The predicted octanol–water partition coefficient (Wildman–Crippen LogP) is 2.22. The zero-order valence-electron chi connectivity index (χ0n) is 10.6. The van der Waals surface area contributed by atoms with Crippen molar-refractivity contribution in [2.45, 2.75) is 45.1 Å². The number of carbonyl (C=O) groups is 1. The molecule has 3 aliphatic heterocycles. The minimum Gasteiger partial charge on any atom is -0.481 e. The number of aliphatic carboxylic acids is 1. The van der Waals surface area contributed by atoms with Crippen LogP contribution in [-0.4, -0.2) is 35.1 Å². The van der Waals surface area contributed by atoms with Crippen LogP contribution in [0.5, 0.6) is 0 Å². The van der Waals surface area contributed by atoms with Crippen LogP contribution >= 0.6 is 0 Å². The van der Waals surface area contributed by atoms with E-state index in [0.29, 0.717) is 5.92 Å². The molecule has 4 aliphatic rings. The SMILES string of the molecule is CC(CC1CC2C3CCN(CC3)C2C1)C(=O)O. The average molecular weight is 237 g/mol. The van der Waals surface area contributed by atoms with Crippen LogP contribution in [0.2, 0.25) is 0 Å². The van der Waals surface area contributed by atoms with Gasteiger partial charge in [-0.3, -0.25) is 4.79 Å². The van der Waals surface area contributed by atoms with Crippen molar-refractivity contribution >= 4 is 5.97 Å². The van der Waals surface area contributed by atoms with Gasteiger partial charge in [0.25, 0.3) is 0 Å². The summed E-state index contributed by atoms with van der Waals surface area (Å²) >= 11 is 0. The van der Waals surface area contributed by atoms with E-state index >= 15 is 0 Å². The van der Waals surface area contributed by atoms with E-state index in [-0.39, 0.29) is 5.92 Å². The maximum Gasteiger partial charge on any atom is 0.306 e. The van der Waals surface area contributed by atoms with E-state index in [4.69, 9.17) is 5.11 Å². The molecule has 0 aromatic carbocycles. The first kappa shape index (κ1) is 11.5. The van der Waals surface area contributed by atoms with Crippen molar-refractivity contribution in [2.75, 3.05) is 13.1 Å².